The first-order valence-corrected chi connectivity index (χ1v) is 7.55. The van der Waals surface area contributed by atoms with Crippen molar-refractivity contribution >= 4 is 32.6 Å². The summed E-state index contributed by atoms with van der Waals surface area (Å²) in [6, 6.07) is 0. The zero-order chi connectivity index (χ0) is 15.4. The maximum absolute atomic E-state index is 4.61. The molecule has 0 saturated carbocycles. The molecule has 0 aliphatic heterocycles. The lowest BCUT2D eigenvalue weighted by atomic mass is 10.4. The molecule has 9 heteroatoms. The van der Waals surface area contributed by atoms with Crippen molar-refractivity contribution < 1.29 is 0 Å². The van der Waals surface area contributed by atoms with Crippen LogP contribution in [0.15, 0.2) is 17.0 Å². The van der Waals surface area contributed by atoms with Crippen LogP contribution in [0.25, 0.3) is 16.7 Å². The molecule has 0 fully saturated rings. The van der Waals surface area contributed by atoms with Gasteiger partial charge in [0.15, 0.2) is 17.1 Å². The maximum atomic E-state index is 4.61. The van der Waals surface area contributed by atoms with Gasteiger partial charge in [-0.15, -0.1) is 5.10 Å². The largest absolute Gasteiger partial charge is 0.261 e. The molecule has 0 unspecified atom stereocenters. The minimum absolute atomic E-state index is 0.516. The number of halogens is 1. The van der Waals surface area contributed by atoms with Crippen molar-refractivity contribution in [2.24, 2.45) is 7.05 Å². The molecule has 4 rings (SSSR count). The molecule has 8 nitrogen and oxygen atoms in total. The highest BCUT2D eigenvalue weighted by Crippen LogP contribution is 2.21. The van der Waals surface area contributed by atoms with E-state index in [9.17, 15) is 0 Å². The van der Waals surface area contributed by atoms with Crippen LogP contribution in [-0.4, -0.2) is 39.1 Å². The van der Waals surface area contributed by atoms with Crippen LogP contribution in [-0.2, 0) is 13.6 Å². The van der Waals surface area contributed by atoms with Crippen molar-refractivity contribution in [2.45, 2.75) is 20.4 Å². The van der Waals surface area contributed by atoms with Crippen molar-refractivity contribution in [1.82, 2.24) is 39.1 Å². The van der Waals surface area contributed by atoms with Crippen molar-refractivity contribution in [3.8, 4) is 0 Å². The Labute approximate surface area is 133 Å². The van der Waals surface area contributed by atoms with Crippen LogP contribution in [0, 0.1) is 13.8 Å². The first-order chi connectivity index (χ1) is 10.5. The van der Waals surface area contributed by atoms with E-state index in [-0.39, 0.29) is 0 Å². The van der Waals surface area contributed by atoms with Gasteiger partial charge in [-0.2, -0.15) is 10.2 Å². The molecule has 0 atom stereocenters. The Morgan fingerprint density at radius 2 is 2.00 bits per heavy atom. The fraction of sp³-hybridized carbons (Fsp3) is 0.308. The fourth-order valence-corrected chi connectivity index (χ4v) is 2.80. The van der Waals surface area contributed by atoms with Gasteiger partial charge in [-0.25, -0.2) is 14.5 Å². The second-order valence-electron chi connectivity index (χ2n) is 5.19. The SMILES string of the molecule is Cc1nn(Cc2nc3c4cnn(C)c4ncn3n2)c(C)c1Br. The molecule has 0 amide bonds. The second kappa shape index (κ2) is 4.60. The first kappa shape index (κ1) is 13.4. The van der Waals surface area contributed by atoms with Crippen LogP contribution >= 0.6 is 15.9 Å². The van der Waals surface area contributed by atoms with Crippen LogP contribution in [0.1, 0.15) is 17.2 Å². The zero-order valence-corrected chi connectivity index (χ0v) is 13.9. The number of nitrogens with zero attached hydrogens (tertiary/aromatic N) is 8. The molecule has 4 aromatic rings. The van der Waals surface area contributed by atoms with E-state index in [0.717, 1.165) is 32.5 Å². The topological polar surface area (TPSA) is 78.7 Å². The Morgan fingerprint density at radius 1 is 1.18 bits per heavy atom. The maximum Gasteiger partial charge on any atom is 0.173 e. The summed E-state index contributed by atoms with van der Waals surface area (Å²) in [4.78, 5) is 8.97. The molecule has 22 heavy (non-hydrogen) atoms. The number of rotatable bonds is 2. The van der Waals surface area contributed by atoms with Gasteiger partial charge in [0.25, 0.3) is 0 Å². The summed E-state index contributed by atoms with van der Waals surface area (Å²) in [6.45, 7) is 4.50. The highest BCUT2D eigenvalue weighted by atomic mass is 79.9. The van der Waals surface area contributed by atoms with Crippen molar-refractivity contribution in [1.29, 1.82) is 0 Å². The monoisotopic (exact) mass is 360 g/mol. The van der Waals surface area contributed by atoms with Gasteiger partial charge in [0, 0.05) is 7.05 Å². The summed E-state index contributed by atoms with van der Waals surface area (Å²) in [6.07, 6.45) is 3.42. The number of aromatic nitrogens is 8. The Balaban J connectivity index is 1.82. The van der Waals surface area contributed by atoms with E-state index in [2.05, 4.69) is 41.2 Å². The lowest BCUT2D eigenvalue weighted by Crippen LogP contribution is -2.05. The van der Waals surface area contributed by atoms with E-state index < -0.39 is 0 Å². The van der Waals surface area contributed by atoms with Crippen molar-refractivity contribution in [2.75, 3.05) is 0 Å². The number of aryl methyl sites for hydroxylation is 2. The van der Waals surface area contributed by atoms with E-state index >= 15 is 0 Å². The van der Waals surface area contributed by atoms with Crippen LogP contribution in [0.3, 0.4) is 0 Å². The average Bonchev–Trinajstić information content (AvgIpc) is 3.13. The lowest BCUT2D eigenvalue weighted by molar-refractivity contribution is 0.630. The van der Waals surface area contributed by atoms with Gasteiger partial charge in [0.05, 0.1) is 27.4 Å². The number of fused-ring (bicyclic) bond motifs is 3. The predicted octanol–water partition coefficient (Wildman–Crippen LogP) is 1.64. The van der Waals surface area contributed by atoms with E-state index in [1.807, 2.05) is 25.6 Å². The fourth-order valence-electron chi connectivity index (χ4n) is 2.51. The van der Waals surface area contributed by atoms with Crippen molar-refractivity contribution in [3.05, 3.63) is 34.2 Å². The van der Waals surface area contributed by atoms with Gasteiger partial charge in [-0.3, -0.25) is 9.36 Å². The normalized spacial score (nSPS) is 11.8. The number of hydrogen-bond acceptors (Lipinski definition) is 5. The quantitative estimate of drug-likeness (QED) is 0.542. The summed E-state index contributed by atoms with van der Waals surface area (Å²) in [7, 11) is 1.86. The second-order valence-corrected chi connectivity index (χ2v) is 5.98. The Hall–Kier alpha value is -2.29. The van der Waals surface area contributed by atoms with E-state index in [4.69, 9.17) is 0 Å². The lowest BCUT2D eigenvalue weighted by Gasteiger charge is -1.99. The van der Waals surface area contributed by atoms with Crippen molar-refractivity contribution in [3.63, 3.8) is 0 Å². The van der Waals surface area contributed by atoms with Gasteiger partial charge in [-0.1, -0.05) is 0 Å². The molecular weight excluding hydrogens is 348 g/mol. The molecule has 0 aromatic carbocycles. The molecular formula is C13H13BrN8. The van der Waals surface area contributed by atoms with Crippen LogP contribution in [0.4, 0.5) is 0 Å². The molecule has 0 saturated heterocycles. The highest BCUT2D eigenvalue weighted by molar-refractivity contribution is 9.10. The standard InChI is InChI=1S/C13H13BrN8/c1-7-11(14)8(2)21(18-7)5-10-17-13-9-4-16-20(3)12(9)15-6-22(13)19-10/h4,6H,5H2,1-3H3. The zero-order valence-electron chi connectivity index (χ0n) is 12.3. The Morgan fingerprint density at radius 3 is 2.73 bits per heavy atom. The summed E-state index contributed by atoms with van der Waals surface area (Å²) in [5.74, 6) is 0.691. The van der Waals surface area contributed by atoms with Crippen LogP contribution in [0.5, 0.6) is 0 Å². The molecule has 0 aliphatic carbocycles. The van der Waals surface area contributed by atoms with E-state index in [1.165, 1.54) is 0 Å². The molecule has 0 spiro atoms. The van der Waals surface area contributed by atoms with Crippen LogP contribution in [0.2, 0.25) is 0 Å². The van der Waals surface area contributed by atoms with E-state index in [0.29, 0.717) is 12.4 Å². The van der Waals surface area contributed by atoms with Gasteiger partial charge < -0.3 is 0 Å². The van der Waals surface area contributed by atoms with Crippen LogP contribution < -0.4 is 0 Å². The Kier molecular flexibility index (Phi) is 2.80. The molecule has 0 N–H and O–H groups in total. The highest BCUT2D eigenvalue weighted by Gasteiger charge is 2.14. The molecule has 4 aromatic heterocycles. The van der Waals surface area contributed by atoms with Gasteiger partial charge in [0.2, 0.25) is 0 Å². The summed E-state index contributed by atoms with van der Waals surface area (Å²) < 4.78 is 6.32. The summed E-state index contributed by atoms with van der Waals surface area (Å²) >= 11 is 3.53. The summed E-state index contributed by atoms with van der Waals surface area (Å²) in [5, 5.41) is 14.1. The third kappa shape index (κ3) is 1.85. The van der Waals surface area contributed by atoms with Gasteiger partial charge in [0.1, 0.15) is 12.9 Å². The predicted molar refractivity (Wildman–Crippen MR) is 83.6 cm³/mol. The third-order valence-electron chi connectivity index (χ3n) is 3.70. The Bertz CT molecular complexity index is 1010. The molecule has 112 valence electrons. The van der Waals surface area contributed by atoms with E-state index in [1.54, 1.807) is 21.7 Å². The summed E-state index contributed by atoms with van der Waals surface area (Å²) in [5.41, 5.74) is 3.56. The minimum atomic E-state index is 0.516. The number of hydrogen-bond donors (Lipinski definition) is 0. The molecule has 4 heterocycles. The third-order valence-corrected chi connectivity index (χ3v) is 4.84. The minimum Gasteiger partial charge on any atom is -0.261 e. The van der Waals surface area contributed by atoms with Gasteiger partial charge in [-0.05, 0) is 29.8 Å². The molecule has 0 aliphatic rings. The smallest absolute Gasteiger partial charge is 0.173 e. The van der Waals surface area contributed by atoms with Gasteiger partial charge >= 0.3 is 0 Å². The average molecular weight is 361 g/mol. The molecule has 0 bridgehead atoms. The molecule has 0 radical (unpaired) electrons. The first-order valence-electron chi connectivity index (χ1n) is 6.76.